The third-order valence-electron chi connectivity index (χ3n) is 4.54. The third-order valence-corrected chi connectivity index (χ3v) is 7.56. The van der Waals surface area contributed by atoms with Crippen LogP contribution in [-0.2, 0) is 0 Å². The topological polar surface area (TPSA) is 3.24 Å². The highest BCUT2D eigenvalue weighted by Gasteiger charge is 2.29. The molecular weight excluding hydrogens is 249 g/mol. The van der Waals surface area contributed by atoms with E-state index in [1.54, 1.807) is 0 Å². The van der Waals surface area contributed by atoms with E-state index in [1.807, 2.05) is 0 Å². The first-order chi connectivity index (χ1) is 9.27. The van der Waals surface area contributed by atoms with Crippen molar-refractivity contribution in [1.82, 2.24) is 4.90 Å². The lowest BCUT2D eigenvalue weighted by atomic mass is 9.99. The molecule has 0 aromatic heterocycles. The van der Waals surface area contributed by atoms with Crippen LogP contribution in [0, 0.1) is 11.6 Å². The average Bonchev–Trinajstić information content (AvgIpc) is 2.45. The van der Waals surface area contributed by atoms with Crippen molar-refractivity contribution in [1.29, 1.82) is 0 Å². The maximum absolute atomic E-state index is 3.76. The van der Waals surface area contributed by atoms with Gasteiger partial charge in [0.05, 0.1) is 6.54 Å². The van der Waals surface area contributed by atoms with Crippen molar-refractivity contribution in [2.75, 3.05) is 20.6 Å². The van der Waals surface area contributed by atoms with E-state index in [0.29, 0.717) is 0 Å². The lowest BCUT2D eigenvalue weighted by Gasteiger charge is -2.35. The molecule has 2 saturated carbocycles. The fraction of sp³-hybridized carbons (Fsp3) is 0.882. The summed E-state index contributed by atoms with van der Waals surface area (Å²) in [5.41, 5.74) is 5.71. The van der Waals surface area contributed by atoms with Gasteiger partial charge in [0, 0.05) is 0 Å². The number of hydrogen-bond donors (Lipinski definition) is 0. The van der Waals surface area contributed by atoms with Crippen molar-refractivity contribution >= 4 is 7.92 Å². The Morgan fingerprint density at radius 2 is 1.32 bits per heavy atom. The van der Waals surface area contributed by atoms with E-state index in [4.69, 9.17) is 0 Å². The molecule has 0 unspecified atom stereocenters. The summed E-state index contributed by atoms with van der Waals surface area (Å²) in [6, 6.07) is 0. The van der Waals surface area contributed by atoms with E-state index >= 15 is 0 Å². The van der Waals surface area contributed by atoms with Crippen LogP contribution in [0.25, 0.3) is 0 Å². The lowest BCUT2D eigenvalue weighted by molar-refractivity contribution is 0.464. The van der Waals surface area contributed by atoms with E-state index in [9.17, 15) is 0 Å². The van der Waals surface area contributed by atoms with Gasteiger partial charge in [0.1, 0.15) is 0 Å². The first-order valence-electron chi connectivity index (χ1n) is 8.19. The minimum absolute atomic E-state index is 0.0154. The van der Waals surface area contributed by atoms with E-state index in [2.05, 4.69) is 30.6 Å². The summed E-state index contributed by atoms with van der Waals surface area (Å²) in [6.45, 7) is 0.943. The lowest BCUT2D eigenvalue weighted by Crippen LogP contribution is -2.20. The van der Waals surface area contributed by atoms with Gasteiger partial charge in [-0.1, -0.05) is 50.1 Å². The van der Waals surface area contributed by atoms with Gasteiger partial charge in [-0.2, -0.15) is 0 Å². The Morgan fingerprint density at radius 3 is 1.74 bits per heavy atom. The van der Waals surface area contributed by atoms with E-state index in [0.717, 1.165) is 17.9 Å². The van der Waals surface area contributed by atoms with Gasteiger partial charge in [0.2, 0.25) is 0 Å². The zero-order chi connectivity index (χ0) is 13.5. The molecule has 0 saturated heterocycles. The van der Waals surface area contributed by atoms with Gasteiger partial charge >= 0.3 is 0 Å². The smallest absolute Gasteiger partial charge is 0.0600 e. The maximum Gasteiger partial charge on any atom is 0.0600 e. The van der Waals surface area contributed by atoms with Crippen molar-refractivity contribution in [2.45, 2.75) is 75.5 Å². The molecule has 2 fully saturated rings. The number of nitrogens with zero attached hydrogens (tertiary/aromatic N) is 1. The summed E-state index contributed by atoms with van der Waals surface area (Å²) in [7, 11) is 4.23. The fourth-order valence-electron chi connectivity index (χ4n) is 3.48. The van der Waals surface area contributed by atoms with Crippen molar-refractivity contribution in [2.24, 2.45) is 0 Å². The Morgan fingerprint density at radius 1 is 0.842 bits per heavy atom. The molecule has 0 aromatic carbocycles. The van der Waals surface area contributed by atoms with Crippen LogP contribution in [-0.4, -0.2) is 36.9 Å². The Bertz CT molecular complexity index is 285. The molecule has 0 spiro atoms. The van der Waals surface area contributed by atoms with Crippen LogP contribution in [0.15, 0.2) is 0 Å². The highest BCUT2D eigenvalue weighted by molar-refractivity contribution is 7.64. The standard InChI is InChI=1S/C17H30NP/c1-18(2)14-9-15-19(16-10-5-3-6-11-16)17-12-7-4-8-13-17/h16-17H,3-8,10-14H2,1-2H3. The molecular formula is C17H30NP. The molecule has 0 radical (unpaired) electrons. The van der Waals surface area contributed by atoms with Crippen LogP contribution in [0.2, 0.25) is 0 Å². The number of hydrogen-bond acceptors (Lipinski definition) is 1. The highest BCUT2D eigenvalue weighted by atomic mass is 31.1. The average molecular weight is 279 g/mol. The maximum atomic E-state index is 3.76. The predicted octanol–water partition coefficient (Wildman–Crippen LogP) is 4.66. The van der Waals surface area contributed by atoms with E-state index in [1.165, 1.54) is 64.2 Å². The molecule has 19 heavy (non-hydrogen) atoms. The molecule has 0 aromatic rings. The second-order valence-corrected chi connectivity index (χ2v) is 9.02. The zero-order valence-corrected chi connectivity index (χ0v) is 13.7. The summed E-state index contributed by atoms with van der Waals surface area (Å²) in [5, 5.41) is 0. The molecule has 1 nitrogen and oxygen atoms in total. The predicted molar refractivity (Wildman–Crippen MR) is 87.0 cm³/mol. The molecule has 108 valence electrons. The van der Waals surface area contributed by atoms with Gasteiger partial charge in [-0.05, 0) is 59.0 Å². The molecule has 0 bridgehead atoms. The largest absolute Gasteiger partial charge is 0.299 e. The highest BCUT2D eigenvalue weighted by Crippen LogP contribution is 2.54. The Balaban J connectivity index is 1.99. The molecule has 0 atom stereocenters. The van der Waals surface area contributed by atoms with Crippen LogP contribution in [0.5, 0.6) is 0 Å². The van der Waals surface area contributed by atoms with Crippen LogP contribution in [0.1, 0.15) is 64.2 Å². The Hall–Kier alpha value is -0.0500. The summed E-state index contributed by atoms with van der Waals surface area (Å²) in [6.07, 6.45) is 14.7. The molecule has 0 amide bonds. The molecule has 2 heteroatoms. The molecule has 2 aliphatic rings. The van der Waals surface area contributed by atoms with Gasteiger partial charge in [0.15, 0.2) is 0 Å². The second kappa shape index (κ2) is 8.28. The monoisotopic (exact) mass is 279 g/mol. The third kappa shape index (κ3) is 5.09. The summed E-state index contributed by atoms with van der Waals surface area (Å²) in [4.78, 5) is 2.20. The molecule has 0 N–H and O–H groups in total. The SMILES string of the molecule is CN(C)CC#CP(C1CCCCC1)C1CCCCC1. The minimum atomic E-state index is -0.0154. The molecule has 0 heterocycles. The fourth-order valence-corrected chi connectivity index (χ4v) is 6.54. The number of rotatable bonds is 3. The molecule has 2 aliphatic carbocycles. The van der Waals surface area contributed by atoms with Crippen molar-refractivity contribution in [3.05, 3.63) is 0 Å². The van der Waals surface area contributed by atoms with Crippen LogP contribution in [0.4, 0.5) is 0 Å². The van der Waals surface area contributed by atoms with Gasteiger partial charge in [-0.15, -0.1) is 0 Å². The molecule has 0 aliphatic heterocycles. The minimum Gasteiger partial charge on any atom is -0.299 e. The Kier molecular flexibility index (Phi) is 6.69. The summed E-state index contributed by atoms with van der Waals surface area (Å²) in [5.74, 6) is 3.48. The molecule has 2 rings (SSSR count). The van der Waals surface area contributed by atoms with E-state index in [-0.39, 0.29) is 7.92 Å². The summed E-state index contributed by atoms with van der Waals surface area (Å²) >= 11 is 0. The van der Waals surface area contributed by atoms with Gasteiger partial charge < -0.3 is 0 Å². The van der Waals surface area contributed by atoms with Crippen molar-refractivity contribution < 1.29 is 0 Å². The zero-order valence-electron chi connectivity index (χ0n) is 12.8. The van der Waals surface area contributed by atoms with Crippen molar-refractivity contribution in [3.8, 4) is 11.6 Å². The van der Waals surface area contributed by atoms with Gasteiger partial charge in [-0.3, -0.25) is 4.90 Å². The first-order valence-corrected chi connectivity index (χ1v) is 9.67. The first kappa shape index (κ1) is 15.3. The van der Waals surface area contributed by atoms with Gasteiger partial charge in [-0.25, -0.2) is 0 Å². The van der Waals surface area contributed by atoms with Crippen LogP contribution >= 0.6 is 7.92 Å². The quantitative estimate of drug-likeness (QED) is 0.536. The van der Waals surface area contributed by atoms with Crippen molar-refractivity contribution in [3.63, 3.8) is 0 Å². The van der Waals surface area contributed by atoms with Crippen LogP contribution in [0.3, 0.4) is 0 Å². The van der Waals surface area contributed by atoms with Crippen LogP contribution < -0.4 is 0 Å². The Labute approximate surface area is 121 Å². The summed E-state index contributed by atoms with van der Waals surface area (Å²) < 4.78 is 0. The second-order valence-electron chi connectivity index (χ2n) is 6.52. The normalized spacial score (nSPS) is 22.5. The van der Waals surface area contributed by atoms with Gasteiger partial charge in [0.25, 0.3) is 0 Å². The van der Waals surface area contributed by atoms with E-state index < -0.39 is 0 Å².